The summed E-state index contributed by atoms with van der Waals surface area (Å²) in [6.07, 6.45) is 4.61. The van der Waals surface area contributed by atoms with E-state index in [0.29, 0.717) is 23.1 Å². The van der Waals surface area contributed by atoms with E-state index in [1.807, 2.05) is 48.1 Å². The predicted molar refractivity (Wildman–Crippen MR) is 119 cm³/mol. The molecule has 0 saturated heterocycles. The third-order valence-electron chi connectivity index (χ3n) is 4.63. The minimum Gasteiger partial charge on any atom is -0.354 e. The molecule has 2 aromatic heterocycles. The molecule has 0 saturated carbocycles. The molecule has 2 aromatic carbocycles. The van der Waals surface area contributed by atoms with Gasteiger partial charge in [0.25, 0.3) is 10.0 Å². The van der Waals surface area contributed by atoms with Gasteiger partial charge < -0.3 is 4.57 Å². The Kier molecular flexibility index (Phi) is 5.63. The van der Waals surface area contributed by atoms with Crippen molar-refractivity contribution in [3.8, 4) is 0 Å². The summed E-state index contributed by atoms with van der Waals surface area (Å²) in [4.78, 5) is 4.92. The molecule has 0 amide bonds. The molecule has 0 aliphatic carbocycles. The van der Waals surface area contributed by atoms with Crippen LogP contribution in [0.2, 0.25) is 5.02 Å². The lowest BCUT2D eigenvalue weighted by Crippen LogP contribution is -2.32. The van der Waals surface area contributed by atoms with Crippen LogP contribution in [0.15, 0.2) is 71.9 Å². The lowest BCUT2D eigenvalue weighted by molar-refractivity contribution is 0.583. The van der Waals surface area contributed by atoms with Crippen LogP contribution in [0.25, 0.3) is 10.2 Å². The second kappa shape index (κ2) is 8.18. The quantitative estimate of drug-likeness (QED) is 0.385. The summed E-state index contributed by atoms with van der Waals surface area (Å²) in [5, 5.41) is 1.08. The Balaban J connectivity index is 1.72. The van der Waals surface area contributed by atoms with Crippen molar-refractivity contribution >= 4 is 48.3 Å². The van der Waals surface area contributed by atoms with E-state index in [1.54, 1.807) is 30.3 Å². The van der Waals surface area contributed by atoms with Gasteiger partial charge in [0.1, 0.15) is 0 Å². The van der Waals surface area contributed by atoms with Gasteiger partial charge in [-0.2, -0.15) is 0 Å². The van der Waals surface area contributed by atoms with Gasteiger partial charge in [-0.3, -0.25) is 0 Å². The molecule has 0 fully saturated rings. The van der Waals surface area contributed by atoms with Gasteiger partial charge in [0.15, 0.2) is 0 Å². The molecule has 0 spiro atoms. The maximum Gasteiger partial charge on any atom is 0.266 e. The van der Waals surface area contributed by atoms with Crippen LogP contribution in [0.3, 0.4) is 0 Å². The van der Waals surface area contributed by atoms with Gasteiger partial charge in [-0.25, -0.2) is 17.7 Å². The summed E-state index contributed by atoms with van der Waals surface area (Å²) in [5.74, 6) is 0. The maximum absolute atomic E-state index is 13.4. The molecule has 4 rings (SSSR count). The largest absolute Gasteiger partial charge is 0.354 e. The van der Waals surface area contributed by atoms with Crippen molar-refractivity contribution in [3.63, 3.8) is 0 Å². The maximum atomic E-state index is 13.4. The number of rotatable bonds is 7. The number of aryl methyl sites for hydroxylation is 2. The summed E-state index contributed by atoms with van der Waals surface area (Å²) >= 11 is 7.53. The van der Waals surface area contributed by atoms with Gasteiger partial charge in [-0.15, -0.1) is 0 Å². The molecule has 0 aliphatic rings. The van der Waals surface area contributed by atoms with E-state index < -0.39 is 10.0 Å². The number of thiazole rings is 1. The van der Waals surface area contributed by atoms with E-state index in [4.69, 9.17) is 11.6 Å². The predicted octanol–water partition coefficient (Wildman–Crippen LogP) is 5.35. The first kappa shape index (κ1) is 19.9. The minimum atomic E-state index is -3.73. The third-order valence-corrected chi connectivity index (χ3v) is 7.79. The van der Waals surface area contributed by atoms with Crippen LogP contribution < -0.4 is 4.31 Å². The summed E-state index contributed by atoms with van der Waals surface area (Å²) in [5.41, 5.74) is 1.72. The monoisotopic (exact) mass is 445 g/mol. The average molecular weight is 446 g/mol. The molecule has 8 heteroatoms. The minimum absolute atomic E-state index is 0.259. The van der Waals surface area contributed by atoms with E-state index in [1.165, 1.54) is 15.6 Å². The van der Waals surface area contributed by atoms with Crippen LogP contribution in [0.5, 0.6) is 0 Å². The Morgan fingerprint density at radius 2 is 1.83 bits per heavy atom. The molecule has 0 N–H and O–H groups in total. The number of halogens is 1. The van der Waals surface area contributed by atoms with Crippen LogP contribution in [0.1, 0.15) is 12.0 Å². The first-order chi connectivity index (χ1) is 13.9. The third kappa shape index (κ3) is 4.17. The highest BCUT2D eigenvalue weighted by molar-refractivity contribution is 7.93. The molecule has 2 heterocycles. The topological polar surface area (TPSA) is 55.2 Å². The van der Waals surface area contributed by atoms with Crippen molar-refractivity contribution in [2.45, 2.75) is 24.8 Å². The zero-order chi connectivity index (χ0) is 20.4. The van der Waals surface area contributed by atoms with Crippen molar-refractivity contribution < 1.29 is 8.42 Å². The van der Waals surface area contributed by atoms with Gasteiger partial charge in [0.05, 0.1) is 15.1 Å². The Labute approximate surface area is 179 Å². The first-order valence-corrected chi connectivity index (χ1v) is 11.8. The second-order valence-electron chi connectivity index (χ2n) is 6.73. The molecule has 0 aliphatic heterocycles. The highest BCUT2D eigenvalue weighted by atomic mass is 35.5. The highest BCUT2D eigenvalue weighted by Crippen LogP contribution is 2.35. The molecule has 5 nitrogen and oxygen atoms in total. The van der Waals surface area contributed by atoms with Crippen molar-refractivity contribution in [2.75, 3.05) is 10.8 Å². The van der Waals surface area contributed by atoms with Gasteiger partial charge in [0, 0.05) is 30.5 Å². The molecule has 29 heavy (non-hydrogen) atoms. The van der Waals surface area contributed by atoms with E-state index in [0.717, 1.165) is 22.3 Å². The number of sulfonamides is 1. The molecule has 4 aromatic rings. The van der Waals surface area contributed by atoms with Crippen molar-refractivity contribution in [1.29, 1.82) is 0 Å². The fraction of sp³-hybridized carbons (Fsp3) is 0.190. The van der Waals surface area contributed by atoms with Crippen LogP contribution in [0.4, 0.5) is 5.13 Å². The highest BCUT2D eigenvalue weighted by Gasteiger charge is 2.27. The van der Waals surface area contributed by atoms with E-state index in [2.05, 4.69) is 4.98 Å². The molecular weight excluding hydrogens is 426 g/mol. The van der Waals surface area contributed by atoms with Crippen LogP contribution in [-0.2, 0) is 16.6 Å². The van der Waals surface area contributed by atoms with E-state index in [-0.39, 0.29) is 4.90 Å². The van der Waals surface area contributed by atoms with Gasteiger partial charge in [-0.05, 0) is 55.3 Å². The number of anilines is 1. The zero-order valence-corrected chi connectivity index (χ0v) is 18.2. The Morgan fingerprint density at radius 3 is 2.55 bits per heavy atom. The average Bonchev–Trinajstić information content (AvgIpc) is 3.35. The second-order valence-corrected chi connectivity index (χ2v) is 10.0. The SMILES string of the molecule is Cc1cc(Cl)cc2sc(N(CCCn3cccc3)S(=O)(=O)c3ccccc3)nc12. The lowest BCUT2D eigenvalue weighted by atomic mass is 10.2. The van der Waals surface area contributed by atoms with Gasteiger partial charge in [-0.1, -0.05) is 41.1 Å². The van der Waals surface area contributed by atoms with Crippen molar-refractivity contribution in [2.24, 2.45) is 0 Å². The number of fused-ring (bicyclic) bond motifs is 1. The number of aromatic nitrogens is 2. The smallest absolute Gasteiger partial charge is 0.266 e. The number of hydrogen-bond acceptors (Lipinski definition) is 4. The molecule has 0 atom stereocenters. The standard InChI is InChI=1S/C21H20ClN3O2S2/c1-16-14-17(22)15-19-20(16)23-21(28-19)25(13-7-12-24-10-5-6-11-24)29(26,27)18-8-3-2-4-9-18/h2-6,8-11,14-15H,7,12-13H2,1H3. The van der Waals surface area contributed by atoms with Crippen molar-refractivity contribution in [1.82, 2.24) is 9.55 Å². The van der Waals surface area contributed by atoms with Crippen LogP contribution in [-0.4, -0.2) is 24.5 Å². The fourth-order valence-electron chi connectivity index (χ4n) is 3.20. The molecule has 0 radical (unpaired) electrons. The zero-order valence-electron chi connectivity index (χ0n) is 15.8. The summed E-state index contributed by atoms with van der Waals surface area (Å²) in [7, 11) is -3.73. The summed E-state index contributed by atoms with van der Waals surface area (Å²) < 4.78 is 31.2. The molecule has 0 bridgehead atoms. The number of benzene rings is 2. The van der Waals surface area contributed by atoms with Crippen LogP contribution >= 0.6 is 22.9 Å². The van der Waals surface area contributed by atoms with E-state index >= 15 is 0 Å². The van der Waals surface area contributed by atoms with Crippen molar-refractivity contribution in [3.05, 3.63) is 77.6 Å². The molecular formula is C21H20ClN3O2S2. The van der Waals surface area contributed by atoms with Gasteiger partial charge in [0.2, 0.25) is 5.13 Å². The molecule has 150 valence electrons. The normalized spacial score (nSPS) is 11.8. The number of hydrogen-bond donors (Lipinski definition) is 0. The number of nitrogens with zero attached hydrogens (tertiary/aromatic N) is 3. The summed E-state index contributed by atoms with van der Waals surface area (Å²) in [6.45, 7) is 2.99. The van der Waals surface area contributed by atoms with E-state index in [9.17, 15) is 8.42 Å². The Bertz CT molecular complexity index is 1220. The van der Waals surface area contributed by atoms with Crippen LogP contribution in [0, 0.1) is 6.92 Å². The first-order valence-electron chi connectivity index (χ1n) is 9.20. The Morgan fingerprint density at radius 1 is 1.10 bits per heavy atom. The molecule has 0 unspecified atom stereocenters. The summed E-state index contributed by atoms with van der Waals surface area (Å²) in [6, 6.07) is 16.1. The van der Waals surface area contributed by atoms with Gasteiger partial charge >= 0.3 is 0 Å². The Hall–Kier alpha value is -2.35. The fourth-order valence-corrected chi connectivity index (χ4v) is 6.33. The lowest BCUT2D eigenvalue weighted by Gasteiger charge is -2.22.